The molecule has 1 N–H and O–H groups in total. The number of amides is 1. The highest BCUT2D eigenvalue weighted by atomic mass is 32.1. The van der Waals surface area contributed by atoms with Crippen LogP contribution in [0.15, 0.2) is 35.4 Å². The third kappa shape index (κ3) is 4.60. The lowest BCUT2D eigenvalue weighted by molar-refractivity contribution is -0.119. The van der Waals surface area contributed by atoms with Crippen LogP contribution in [0, 0.1) is 11.3 Å². The predicted octanol–water partition coefficient (Wildman–Crippen LogP) is 4.88. The number of hydrogen-bond acceptors (Lipinski definition) is 6. The van der Waals surface area contributed by atoms with Crippen LogP contribution in [0.2, 0.25) is 0 Å². The molecule has 3 rings (SSSR count). The Bertz CT molecular complexity index is 1060. The number of hydrogen-bond donors (Lipinski definition) is 1. The molecule has 6 nitrogen and oxygen atoms in total. The first kappa shape index (κ1) is 21.7. The maximum atomic E-state index is 11.5. The third-order valence-corrected chi connectivity index (χ3v) is 6.10. The lowest BCUT2D eigenvalue weighted by Crippen LogP contribution is -2.31. The summed E-state index contributed by atoms with van der Waals surface area (Å²) >= 11 is 1.50. The minimum absolute atomic E-state index is 0.00102. The molecule has 1 amide bonds. The topological polar surface area (TPSA) is 87.9 Å². The molecule has 1 fully saturated rings. The monoisotopic (exact) mass is 422 g/mol. The summed E-state index contributed by atoms with van der Waals surface area (Å²) in [4.78, 5) is 11.5. The summed E-state index contributed by atoms with van der Waals surface area (Å²) in [6.45, 7) is 9.46. The van der Waals surface area contributed by atoms with Gasteiger partial charge in [-0.2, -0.15) is 5.26 Å². The van der Waals surface area contributed by atoms with Gasteiger partial charge in [-0.05, 0) is 75.5 Å². The summed E-state index contributed by atoms with van der Waals surface area (Å²) < 4.78 is 5.70. The molecule has 0 radical (unpaired) electrons. The van der Waals surface area contributed by atoms with E-state index in [1.165, 1.54) is 16.9 Å². The zero-order valence-corrected chi connectivity index (χ0v) is 18.8. The third-order valence-electron chi connectivity index (χ3n) is 5.00. The molecular weight excluding hydrogens is 396 g/mol. The van der Waals surface area contributed by atoms with Crippen LogP contribution in [0.25, 0.3) is 16.1 Å². The number of nitrogens with zero attached hydrogens (tertiary/aromatic N) is 3. The van der Waals surface area contributed by atoms with E-state index in [2.05, 4.69) is 34.6 Å². The Balaban J connectivity index is 1.90. The Morgan fingerprint density at radius 3 is 2.77 bits per heavy atom. The zero-order chi connectivity index (χ0) is 21.8. The molecule has 1 aromatic carbocycles. The molecule has 1 atom stereocenters. The molecule has 0 saturated heterocycles. The van der Waals surface area contributed by atoms with E-state index in [9.17, 15) is 10.1 Å². The maximum absolute atomic E-state index is 11.5. The summed E-state index contributed by atoms with van der Waals surface area (Å²) in [5.41, 5.74) is 4.79. The summed E-state index contributed by atoms with van der Waals surface area (Å²) in [6.07, 6.45) is 3.85. The van der Waals surface area contributed by atoms with Gasteiger partial charge in [0.1, 0.15) is 21.8 Å². The molecule has 156 valence electrons. The number of nitriles is 1. The van der Waals surface area contributed by atoms with Crippen molar-refractivity contribution < 1.29 is 9.53 Å². The molecule has 0 bridgehead atoms. The summed E-state index contributed by atoms with van der Waals surface area (Å²) in [7, 11) is 0. The van der Waals surface area contributed by atoms with Gasteiger partial charge in [-0.1, -0.05) is 17.4 Å². The van der Waals surface area contributed by atoms with E-state index in [-0.39, 0.29) is 18.1 Å². The average Bonchev–Trinajstić information content (AvgIpc) is 3.34. The van der Waals surface area contributed by atoms with Gasteiger partial charge < -0.3 is 10.1 Å². The van der Waals surface area contributed by atoms with Gasteiger partial charge in [-0.3, -0.25) is 4.79 Å². The molecule has 2 aromatic rings. The second kappa shape index (κ2) is 9.23. The quantitative estimate of drug-likeness (QED) is 0.742. The van der Waals surface area contributed by atoms with Crippen molar-refractivity contribution in [3.63, 3.8) is 0 Å². The Kier molecular flexibility index (Phi) is 6.68. The Hall–Kier alpha value is -2.98. The number of allylic oxidation sites excluding steroid dienone is 2. The number of rotatable bonds is 5. The summed E-state index contributed by atoms with van der Waals surface area (Å²) in [5, 5.41) is 22.9. The van der Waals surface area contributed by atoms with Crippen LogP contribution in [-0.2, 0) is 4.79 Å². The fourth-order valence-electron chi connectivity index (χ4n) is 3.70. The second-order valence-corrected chi connectivity index (χ2v) is 8.52. The van der Waals surface area contributed by atoms with E-state index < -0.39 is 0 Å². The van der Waals surface area contributed by atoms with E-state index in [0.717, 1.165) is 39.6 Å². The van der Waals surface area contributed by atoms with Crippen LogP contribution in [-0.4, -0.2) is 28.3 Å². The van der Waals surface area contributed by atoms with Crippen LogP contribution in [0.1, 0.15) is 58.0 Å². The molecule has 1 aliphatic carbocycles. The van der Waals surface area contributed by atoms with Gasteiger partial charge in [0.15, 0.2) is 0 Å². The average molecular weight is 423 g/mol. The first-order valence-corrected chi connectivity index (χ1v) is 10.8. The Labute approximate surface area is 181 Å². The van der Waals surface area contributed by atoms with Gasteiger partial charge in [0.2, 0.25) is 5.91 Å². The minimum atomic E-state index is -0.0188. The van der Waals surface area contributed by atoms with Crippen molar-refractivity contribution in [3.05, 3.63) is 46.0 Å². The van der Waals surface area contributed by atoms with Gasteiger partial charge >= 0.3 is 0 Å². The summed E-state index contributed by atoms with van der Waals surface area (Å²) in [5.74, 6) is 0.557. The predicted molar refractivity (Wildman–Crippen MR) is 119 cm³/mol. The summed E-state index contributed by atoms with van der Waals surface area (Å²) in [6, 6.07) is 7.77. The zero-order valence-electron chi connectivity index (χ0n) is 17.9. The smallest absolute Gasteiger partial charge is 0.217 e. The largest absolute Gasteiger partial charge is 0.490 e. The van der Waals surface area contributed by atoms with Crippen molar-refractivity contribution in [3.8, 4) is 22.4 Å². The molecule has 0 unspecified atom stereocenters. The van der Waals surface area contributed by atoms with Gasteiger partial charge in [0.25, 0.3) is 0 Å². The van der Waals surface area contributed by atoms with Gasteiger partial charge in [-0.15, -0.1) is 10.2 Å². The van der Waals surface area contributed by atoms with E-state index in [0.29, 0.717) is 11.3 Å². The molecular formula is C23H26N4O2S. The first-order valence-electron chi connectivity index (χ1n) is 10.0. The molecule has 30 heavy (non-hydrogen) atoms. The highest BCUT2D eigenvalue weighted by Gasteiger charge is 2.28. The molecule has 1 aliphatic rings. The van der Waals surface area contributed by atoms with E-state index >= 15 is 0 Å². The van der Waals surface area contributed by atoms with Crippen LogP contribution in [0.3, 0.4) is 0 Å². The SMILES string of the molecule is C/C=C1\C(=C(/C)c2nnc(-c3ccc(OC(C)C)c(C#N)c3)s2)CC[C@@H]1NC(C)=O. The second-order valence-electron chi connectivity index (χ2n) is 7.54. The number of carbonyl (C=O) groups excluding carboxylic acids is 1. The maximum Gasteiger partial charge on any atom is 0.217 e. The molecule has 1 saturated carbocycles. The van der Waals surface area contributed by atoms with E-state index in [1.54, 1.807) is 13.0 Å². The van der Waals surface area contributed by atoms with Gasteiger partial charge in [-0.25, -0.2) is 0 Å². The van der Waals surface area contributed by atoms with Crippen molar-refractivity contribution in [2.24, 2.45) is 0 Å². The lowest BCUT2D eigenvalue weighted by Gasteiger charge is -2.14. The van der Waals surface area contributed by atoms with Gasteiger partial charge in [0.05, 0.1) is 17.7 Å². The first-order chi connectivity index (χ1) is 14.3. The number of aromatic nitrogens is 2. The molecule has 0 aliphatic heterocycles. The standard InChI is InChI=1S/C23H26N4O2S/c1-6-18-19(8-9-20(18)25-15(5)28)14(4)22-26-27-23(30-22)16-7-10-21(29-13(2)3)17(11-16)12-24/h6-7,10-11,13,20H,8-9H2,1-5H3,(H,25,28)/b18-6+,19-14+/t20-/m0/s1. The Morgan fingerprint density at radius 2 is 2.13 bits per heavy atom. The minimum Gasteiger partial charge on any atom is -0.490 e. The lowest BCUT2D eigenvalue weighted by atomic mass is 10.0. The highest BCUT2D eigenvalue weighted by Crippen LogP contribution is 2.38. The molecule has 7 heteroatoms. The van der Waals surface area contributed by atoms with Crippen molar-refractivity contribution in [2.45, 2.75) is 59.6 Å². The number of ether oxygens (including phenoxy) is 1. The highest BCUT2D eigenvalue weighted by molar-refractivity contribution is 7.15. The number of carbonyl (C=O) groups is 1. The van der Waals surface area contributed by atoms with Crippen LogP contribution in [0.4, 0.5) is 0 Å². The number of benzene rings is 1. The van der Waals surface area contributed by atoms with Crippen LogP contribution >= 0.6 is 11.3 Å². The van der Waals surface area contributed by atoms with Crippen molar-refractivity contribution >= 4 is 22.8 Å². The fraction of sp³-hybridized carbons (Fsp3) is 0.391. The number of nitrogens with one attached hydrogen (secondary N) is 1. The molecule has 1 heterocycles. The van der Waals surface area contributed by atoms with Gasteiger partial charge in [0, 0.05) is 12.5 Å². The molecule has 0 spiro atoms. The van der Waals surface area contributed by atoms with Crippen molar-refractivity contribution in [2.75, 3.05) is 0 Å². The van der Waals surface area contributed by atoms with Crippen LogP contribution in [0.5, 0.6) is 5.75 Å². The fourth-order valence-corrected chi connectivity index (χ4v) is 4.57. The Morgan fingerprint density at radius 1 is 1.37 bits per heavy atom. The van der Waals surface area contributed by atoms with Crippen molar-refractivity contribution in [1.29, 1.82) is 5.26 Å². The van der Waals surface area contributed by atoms with E-state index in [4.69, 9.17) is 4.74 Å². The normalized spacial score (nSPS) is 19.1. The van der Waals surface area contributed by atoms with E-state index in [1.807, 2.05) is 32.9 Å². The van der Waals surface area contributed by atoms with Crippen LogP contribution < -0.4 is 10.1 Å². The van der Waals surface area contributed by atoms with Crippen molar-refractivity contribution in [1.82, 2.24) is 15.5 Å². The molecule has 1 aromatic heterocycles.